The summed E-state index contributed by atoms with van der Waals surface area (Å²) in [4.78, 5) is 20.3. The molecular weight excluding hydrogens is 240 g/mol. The number of benzene rings is 1. The van der Waals surface area contributed by atoms with E-state index in [0.29, 0.717) is 11.7 Å². The molecule has 0 N–H and O–H groups in total. The van der Waals surface area contributed by atoms with Crippen LogP contribution >= 0.6 is 0 Å². The predicted molar refractivity (Wildman–Crippen MR) is 70.3 cm³/mol. The smallest absolute Gasteiger partial charge is 0.230 e. The lowest BCUT2D eigenvalue weighted by Crippen LogP contribution is -2.07. The van der Waals surface area contributed by atoms with Crippen LogP contribution in [0.4, 0.5) is 0 Å². The molecule has 0 bridgehead atoms. The highest BCUT2D eigenvalue weighted by molar-refractivity contribution is 6.06. The van der Waals surface area contributed by atoms with Gasteiger partial charge >= 0.3 is 0 Å². The Balaban J connectivity index is 1.84. The first kappa shape index (κ1) is 11.8. The summed E-state index contributed by atoms with van der Waals surface area (Å²) >= 11 is 0. The number of aryl methyl sites for hydroxylation is 1. The van der Waals surface area contributed by atoms with Gasteiger partial charge in [0.2, 0.25) is 11.6 Å². The standard InChI is InChI=1S/C15H14N2O2/c1-10-8-16-15(17-9-10)14(18)11-3-2-4-13(7-11)19-12-5-6-12/h2-4,7-9,12H,5-6H2,1H3. The Morgan fingerprint density at radius 2 is 2.00 bits per heavy atom. The molecule has 0 spiro atoms. The molecule has 1 aromatic carbocycles. The molecule has 2 aromatic rings. The molecule has 4 heteroatoms. The highest BCUT2D eigenvalue weighted by Crippen LogP contribution is 2.27. The zero-order chi connectivity index (χ0) is 13.2. The fourth-order valence-corrected chi connectivity index (χ4v) is 1.73. The van der Waals surface area contributed by atoms with E-state index in [2.05, 4.69) is 9.97 Å². The molecule has 1 saturated carbocycles. The summed E-state index contributed by atoms with van der Waals surface area (Å²) < 4.78 is 5.68. The number of nitrogens with zero attached hydrogens (tertiary/aromatic N) is 2. The van der Waals surface area contributed by atoms with Gasteiger partial charge < -0.3 is 4.74 Å². The van der Waals surface area contributed by atoms with E-state index >= 15 is 0 Å². The van der Waals surface area contributed by atoms with Crippen molar-refractivity contribution in [1.82, 2.24) is 9.97 Å². The molecule has 0 atom stereocenters. The molecule has 0 aliphatic heterocycles. The number of aromatic nitrogens is 2. The largest absolute Gasteiger partial charge is 0.490 e. The van der Waals surface area contributed by atoms with Crippen LogP contribution in [0.5, 0.6) is 5.75 Å². The summed E-state index contributed by atoms with van der Waals surface area (Å²) in [5, 5.41) is 0. The van der Waals surface area contributed by atoms with Gasteiger partial charge in [-0.05, 0) is 37.5 Å². The Morgan fingerprint density at radius 1 is 1.26 bits per heavy atom. The molecule has 3 rings (SSSR count). The minimum absolute atomic E-state index is 0.179. The summed E-state index contributed by atoms with van der Waals surface area (Å²) in [6, 6.07) is 7.19. The van der Waals surface area contributed by atoms with E-state index in [9.17, 15) is 4.79 Å². The zero-order valence-corrected chi connectivity index (χ0v) is 10.7. The molecule has 0 amide bonds. The fraction of sp³-hybridized carbons (Fsp3) is 0.267. The average Bonchev–Trinajstić information content (AvgIpc) is 3.23. The number of ketones is 1. The molecule has 1 heterocycles. The Kier molecular flexibility index (Phi) is 2.99. The van der Waals surface area contributed by atoms with E-state index in [0.717, 1.165) is 24.2 Å². The summed E-state index contributed by atoms with van der Waals surface area (Å²) in [6.45, 7) is 1.89. The van der Waals surface area contributed by atoms with Crippen molar-refractivity contribution >= 4 is 5.78 Å². The lowest BCUT2D eigenvalue weighted by Gasteiger charge is -2.06. The highest BCUT2D eigenvalue weighted by Gasteiger charge is 2.23. The van der Waals surface area contributed by atoms with E-state index in [1.54, 1.807) is 24.5 Å². The van der Waals surface area contributed by atoms with Gasteiger partial charge in [-0.2, -0.15) is 0 Å². The Labute approximate surface area is 111 Å². The van der Waals surface area contributed by atoms with Crippen LogP contribution in [0.25, 0.3) is 0 Å². The second-order valence-corrected chi connectivity index (χ2v) is 4.76. The van der Waals surface area contributed by atoms with Gasteiger partial charge in [-0.3, -0.25) is 4.79 Å². The van der Waals surface area contributed by atoms with Crippen LogP contribution in [0.3, 0.4) is 0 Å². The maximum absolute atomic E-state index is 12.2. The van der Waals surface area contributed by atoms with Crippen molar-refractivity contribution in [2.45, 2.75) is 25.9 Å². The summed E-state index contributed by atoms with van der Waals surface area (Å²) in [7, 11) is 0. The van der Waals surface area contributed by atoms with Gasteiger partial charge in [0.15, 0.2) is 0 Å². The van der Waals surface area contributed by atoms with E-state index in [1.807, 2.05) is 19.1 Å². The van der Waals surface area contributed by atoms with E-state index in [4.69, 9.17) is 4.74 Å². The molecule has 0 radical (unpaired) electrons. The van der Waals surface area contributed by atoms with Gasteiger partial charge in [0.25, 0.3) is 0 Å². The number of hydrogen-bond acceptors (Lipinski definition) is 4. The third kappa shape index (κ3) is 2.78. The third-order valence-electron chi connectivity index (χ3n) is 2.91. The van der Waals surface area contributed by atoms with Gasteiger partial charge in [-0.15, -0.1) is 0 Å². The van der Waals surface area contributed by atoms with Crippen LogP contribution in [0, 0.1) is 6.92 Å². The number of ether oxygens (including phenoxy) is 1. The van der Waals surface area contributed by atoms with Gasteiger partial charge in [0, 0.05) is 18.0 Å². The zero-order valence-electron chi connectivity index (χ0n) is 10.7. The van der Waals surface area contributed by atoms with Gasteiger partial charge in [-0.25, -0.2) is 9.97 Å². The SMILES string of the molecule is Cc1cnc(C(=O)c2cccc(OC3CC3)c2)nc1. The number of hydrogen-bond donors (Lipinski definition) is 0. The first-order valence-electron chi connectivity index (χ1n) is 6.32. The first-order chi connectivity index (χ1) is 9.22. The molecule has 1 aliphatic rings. The topological polar surface area (TPSA) is 52.1 Å². The Bertz CT molecular complexity index is 604. The second-order valence-electron chi connectivity index (χ2n) is 4.76. The van der Waals surface area contributed by atoms with Crippen molar-refractivity contribution in [2.24, 2.45) is 0 Å². The average molecular weight is 254 g/mol. The van der Waals surface area contributed by atoms with Crippen LogP contribution in [-0.4, -0.2) is 21.9 Å². The first-order valence-corrected chi connectivity index (χ1v) is 6.32. The molecule has 4 nitrogen and oxygen atoms in total. The Hall–Kier alpha value is -2.23. The molecule has 1 aromatic heterocycles. The van der Waals surface area contributed by atoms with Crippen LogP contribution in [0.15, 0.2) is 36.7 Å². The third-order valence-corrected chi connectivity index (χ3v) is 2.91. The van der Waals surface area contributed by atoms with Crippen molar-refractivity contribution in [3.05, 3.63) is 53.6 Å². The van der Waals surface area contributed by atoms with Crippen molar-refractivity contribution in [3.8, 4) is 5.75 Å². The van der Waals surface area contributed by atoms with Crippen molar-refractivity contribution in [1.29, 1.82) is 0 Å². The molecule has 0 unspecified atom stereocenters. The molecular formula is C15H14N2O2. The van der Waals surface area contributed by atoms with Crippen molar-refractivity contribution in [3.63, 3.8) is 0 Å². The van der Waals surface area contributed by atoms with Crippen molar-refractivity contribution < 1.29 is 9.53 Å². The number of carbonyl (C=O) groups is 1. The highest BCUT2D eigenvalue weighted by atomic mass is 16.5. The molecule has 1 fully saturated rings. The quantitative estimate of drug-likeness (QED) is 0.787. The lowest BCUT2D eigenvalue weighted by molar-refractivity contribution is 0.102. The van der Waals surface area contributed by atoms with Crippen LogP contribution in [-0.2, 0) is 0 Å². The minimum Gasteiger partial charge on any atom is -0.490 e. The van der Waals surface area contributed by atoms with E-state index in [1.165, 1.54) is 0 Å². The Morgan fingerprint density at radius 3 is 2.68 bits per heavy atom. The predicted octanol–water partition coefficient (Wildman–Crippen LogP) is 2.56. The molecule has 96 valence electrons. The van der Waals surface area contributed by atoms with Gasteiger partial charge in [0.1, 0.15) is 5.75 Å². The number of rotatable bonds is 4. The summed E-state index contributed by atoms with van der Waals surface area (Å²) in [5.41, 5.74) is 1.49. The second kappa shape index (κ2) is 4.80. The lowest BCUT2D eigenvalue weighted by atomic mass is 10.1. The normalized spacial score (nSPS) is 14.2. The molecule has 1 aliphatic carbocycles. The maximum atomic E-state index is 12.2. The minimum atomic E-state index is -0.179. The monoisotopic (exact) mass is 254 g/mol. The van der Waals surface area contributed by atoms with Gasteiger partial charge in [0.05, 0.1) is 6.10 Å². The summed E-state index contributed by atoms with van der Waals surface area (Å²) in [6.07, 6.45) is 5.80. The maximum Gasteiger partial charge on any atom is 0.230 e. The fourth-order valence-electron chi connectivity index (χ4n) is 1.73. The van der Waals surface area contributed by atoms with Crippen LogP contribution < -0.4 is 4.74 Å². The van der Waals surface area contributed by atoms with E-state index < -0.39 is 0 Å². The molecule has 0 saturated heterocycles. The van der Waals surface area contributed by atoms with Crippen molar-refractivity contribution in [2.75, 3.05) is 0 Å². The van der Waals surface area contributed by atoms with Crippen LogP contribution in [0.2, 0.25) is 0 Å². The van der Waals surface area contributed by atoms with E-state index in [-0.39, 0.29) is 11.6 Å². The van der Waals surface area contributed by atoms with Gasteiger partial charge in [-0.1, -0.05) is 12.1 Å². The number of carbonyl (C=O) groups excluding carboxylic acids is 1. The van der Waals surface area contributed by atoms with Crippen LogP contribution in [0.1, 0.15) is 34.6 Å². The molecule has 19 heavy (non-hydrogen) atoms. The summed E-state index contributed by atoms with van der Waals surface area (Å²) in [5.74, 6) is 0.774.